The molecule has 27 heavy (non-hydrogen) atoms. The highest BCUT2D eigenvalue weighted by Crippen LogP contribution is 2.24. The summed E-state index contributed by atoms with van der Waals surface area (Å²) in [7, 11) is 3.38. The molecule has 3 rings (SSSR count). The van der Waals surface area contributed by atoms with Crippen LogP contribution in [0.5, 0.6) is 5.75 Å². The van der Waals surface area contributed by atoms with Crippen LogP contribution in [0.25, 0.3) is 11.8 Å². The molecule has 0 aliphatic carbocycles. The summed E-state index contributed by atoms with van der Waals surface area (Å²) in [5, 5.41) is 4.36. The Morgan fingerprint density at radius 1 is 1.26 bits per heavy atom. The van der Waals surface area contributed by atoms with Gasteiger partial charge < -0.3 is 9.64 Å². The van der Waals surface area contributed by atoms with Crippen LogP contribution in [0.3, 0.4) is 0 Å². The van der Waals surface area contributed by atoms with Crippen LogP contribution in [0.2, 0.25) is 0 Å². The Kier molecular flexibility index (Phi) is 6.08. The Hall–Kier alpha value is -2.86. The van der Waals surface area contributed by atoms with Crippen LogP contribution in [0.4, 0.5) is 0 Å². The predicted octanol–water partition coefficient (Wildman–Crippen LogP) is 4.32. The van der Waals surface area contributed by atoms with Crippen LogP contribution >= 0.6 is 15.9 Å². The third-order valence-electron chi connectivity index (χ3n) is 4.05. The van der Waals surface area contributed by atoms with Gasteiger partial charge in [0.15, 0.2) is 0 Å². The summed E-state index contributed by atoms with van der Waals surface area (Å²) in [5.41, 5.74) is 2.79. The zero-order chi connectivity index (χ0) is 19.2. The largest absolute Gasteiger partial charge is 0.496 e. The van der Waals surface area contributed by atoms with E-state index in [2.05, 4.69) is 21.0 Å². The van der Waals surface area contributed by atoms with Crippen LogP contribution in [-0.2, 0) is 11.3 Å². The van der Waals surface area contributed by atoms with Gasteiger partial charge in [-0.3, -0.25) is 4.79 Å². The standard InChI is InChI=1S/C21H20BrN3O2/c1-24(14-16-13-23-25(15-16)19-6-4-3-5-7-19)21(26)11-8-17-12-18(22)9-10-20(17)27-2/h3-13,15H,14H2,1-2H3/b11-8+. The van der Waals surface area contributed by atoms with Crippen molar-refractivity contribution in [2.45, 2.75) is 6.54 Å². The number of likely N-dealkylation sites (N-methyl/N-ethyl adjacent to an activating group) is 1. The van der Waals surface area contributed by atoms with Gasteiger partial charge in [-0.2, -0.15) is 5.10 Å². The van der Waals surface area contributed by atoms with Crippen molar-refractivity contribution in [2.75, 3.05) is 14.2 Å². The smallest absolute Gasteiger partial charge is 0.246 e. The molecule has 0 bridgehead atoms. The summed E-state index contributed by atoms with van der Waals surface area (Å²) in [5.74, 6) is 0.624. The maximum Gasteiger partial charge on any atom is 0.246 e. The molecule has 138 valence electrons. The van der Waals surface area contributed by atoms with E-state index in [0.29, 0.717) is 12.3 Å². The molecule has 6 heteroatoms. The van der Waals surface area contributed by atoms with E-state index < -0.39 is 0 Å². The van der Waals surface area contributed by atoms with E-state index in [1.807, 2.05) is 54.7 Å². The van der Waals surface area contributed by atoms with Crippen molar-refractivity contribution in [2.24, 2.45) is 0 Å². The van der Waals surface area contributed by atoms with Gasteiger partial charge in [0, 0.05) is 41.5 Å². The van der Waals surface area contributed by atoms with Gasteiger partial charge in [-0.1, -0.05) is 34.1 Å². The molecular formula is C21H20BrN3O2. The first kappa shape index (κ1) is 18.9. The second-order valence-corrected chi connectivity index (χ2v) is 6.96. The number of hydrogen-bond acceptors (Lipinski definition) is 3. The van der Waals surface area contributed by atoms with E-state index in [1.54, 1.807) is 42.1 Å². The van der Waals surface area contributed by atoms with Gasteiger partial charge >= 0.3 is 0 Å². The number of methoxy groups -OCH3 is 1. The van der Waals surface area contributed by atoms with Crippen molar-refractivity contribution in [1.29, 1.82) is 0 Å². The lowest BCUT2D eigenvalue weighted by Gasteiger charge is -2.13. The van der Waals surface area contributed by atoms with Gasteiger partial charge in [-0.15, -0.1) is 0 Å². The number of halogens is 1. The van der Waals surface area contributed by atoms with Gasteiger partial charge in [0.2, 0.25) is 5.91 Å². The maximum absolute atomic E-state index is 12.4. The summed E-state index contributed by atoms with van der Waals surface area (Å²) in [6.45, 7) is 0.478. The SMILES string of the molecule is COc1ccc(Br)cc1/C=C/C(=O)N(C)Cc1cnn(-c2ccccc2)c1. The zero-order valence-electron chi connectivity index (χ0n) is 15.2. The molecule has 2 aromatic carbocycles. The van der Waals surface area contributed by atoms with E-state index in [1.165, 1.54) is 0 Å². The number of ether oxygens (including phenoxy) is 1. The molecule has 1 heterocycles. The fourth-order valence-electron chi connectivity index (χ4n) is 2.64. The third-order valence-corrected chi connectivity index (χ3v) is 4.54. The average Bonchev–Trinajstić information content (AvgIpc) is 3.15. The molecule has 0 aliphatic heterocycles. The maximum atomic E-state index is 12.4. The molecule has 0 atom stereocenters. The van der Waals surface area contributed by atoms with Crippen LogP contribution in [0.1, 0.15) is 11.1 Å². The molecule has 1 amide bonds. The number of carbonyl (C=O) groups excluding carboxylic acids is 1. The van der Waals surface area contributed by atoms with Crippen LogP contribution < -0.4 is 4.74 Å². The fraction of sp³-hybridized carbons (Fsp3) is 0.143. The number of nitrogens with zero attached hydrogens (tertiary/aromatic N) is 3. The molecule has 0 unspecified atom stereocenters. The lowest BCUT2D eigenvalue weighted by Crippen LogP contribution is -2.23. The van der Waals surface area contributed by atoms with E-state index in [0.717, 1.165) is 21.3 Å². The zero-order valence-corrected chi connectivity index (χ0v) is 16.8. The first-order valence-electron chi connectivity index (χ1n) is 8.42. The first-order valence-corrected chi connectivity index (χ1v) is 9.22. The number of aromatic nitrogens is 2. The van der Waals surface area contributed by atoms with Crippen LogP contribution in [0.15, 0.2) is 71.5 Å². The molecule has 1 aromatic heterocycles. The van der Waals surface area contributed by atoms with E-state index in [-0.39, 0.29) is 5.91 Å². The predicted molar refractivity (Wildman–Crippen MR) is 110 cm³/mol. The van der Waals surface area contributed by atoms with Crippen molar-refractivity contribution in [3.63, 3.8) is 0 Å². The Labute approximate surface area is 167 Å². The second kappa shape index (κ2) is 8.68. The molecule has 0 fully saturated rings. The quantitative estimate of drug-likeness (QED) is 0.552. The van der Waals surface area contributed by atoms with Crippen molar-refractivity contribution in [3.05, 3.63) is 82.6 Å². The molecule has 0 saturated heterocycles. The lowest BCUT2D eigenvalue weighted by molar-refractivity contribution is -0.125. The highest BCUT2D eigenvalue weighted by atomic mass is 79.9. The minimum absolute atomic E-state index is 0.0931. The number of benzene rings is 2. The topological polar surface area (TPSA) is 47.4 Å². The molecule has 0 aliphatic rings. The van der Waals surface area contributed by atoms with Crippen LogP contribution in [0, 0.1) is 0 Å². The molecule has 0 spiro atoms. The van der Waals surface area contributed by atoms with Gasteiger partial charge in [0.25, 0.3) is 0 Å². The number of para-hydroxylation sites is 1. The third kappa shape index (κ3) is 4.86. The Balaban J connectivity index is 1.66. The highest BCUT2D eigenvalue weighted by Gasteiger charge is 2.09. The van der Waals surface area contributed by atoms with Crippen molar-refractivity contribution < 1.29 is 9.53 Å². The first-order chi connectivity index (χ1) is 13.1. The molecule has 0 radical (unpaired) electrons. The van der Waals surface area contributed by atoms with E-state index in [9.17, 15) is 4.79 Å². The molecular weight excluding hydrogens is 406 g/mol. The number of carbonyl (C=O) groups is 1. The van der Waals surface area contributed by atoms with Gasteiger partial charge in [0.1, 0.15) is 5.75 Å². The average molecular weight is 426 g/mol. The van der Waals surface area contributed by atoms with Gasteiger partial charge in [-0.25, -0.2) is 4.68 Å². The molecule has 0 saturated carbocycles. The van der Waals surface area contributed by atoms with Gasteiger partial charge in [-0.05, 0) is 36.4 Å². The summed E-state index contributed by atoms with van der Waals surface area (Å²) >= 11 is 3.43. The summed E-state index contributed by atoms with van der Waals surface area (Å²) in [6.07, 6.45) is 7.01. The lowest BCUT2D eigenvalue weighted by atomic mass is 10.2. The molecule has 0 N–H and O–H groups in total. The normalized spacial score (nSPS) is 10.9. The highest BCUT2D eigenvalue weighted by molar-refractivity contribution is 9.10. The Bertz CT molecular complexity index is 951. The summed E-state index contributed by atoms with van der Waals surface area (Å²) in [4.78, 5) is 14.1. The van der Waals surface area contributed by atoms with Crippen molar-refractivity contribution in [3.8, 4) is 11.4 Å². The number of amides is 1. The Morgan fingerprint density at radius 2 is 2.04 bits per heavy atom. The van der Waals surface area contributed by atoms with E-state index in [4.69, 9.17) is 4.74 Å². The minimum Gasteiger partial charge on any atom is -0.496 e. The molecule has 3 aromatic rings. The summed E-state index contributed by atoms with van der Waals surface area (Å²) in [6, 6.07) is 15.5. The van der Waals surface area contributed by atoms with Crippen LogP contribution in [-0.4, -0.2) is 34.7 Å². The number of hydrogen-bond donors (Lipinski definition) is 0. The number of rotatable bonds is 6. The van der Waals surface area contributed by atoms with Gasteiger partial charge in [0.05, 0.1) is 19.0 Å². The van der Waals surface area contributed by atoms with Crippen molar-refractivity contribution >= 4 is 27.9 Å². The van der Waals surface area contributed by atoms with E-state index >= 15 is 0 Å². The second-order valence-electron chi connectivity index (χ2n) is 6.04. The summed E-state index contributed by atoms with van der Waals surface area (Å²) < 4.78 is 8.05. The monoisotopic (exact) mass is 425 g/mol. The minimum atomic E-state index is -0.0931. The van der Waals surface area contributed by atoms with Crippen molar-refractivity contribution in [1.82, 2.24) is 14.7 Å². The fourth-order valence-corrected chi connectivity index (χ4v) is 3.02. The Morgan fingerprint density at radius 3 is 2.78 bits per heavy atom. The molecule has 5 nitrogen and oxygen atoms in total.